The fourth-order valence-electron chi connectivity index (χ4n) is 2.03. The highest BCUT2D eigenvalue weighted by molar-refractivity contribution is 6.30. The quantitative estimate of drug-likeness (QED) is 0.848. The topological polar surface area (TPSA) is 62.5 Å². The van der Waals surface area contributed by atoms with Gasteiger partial charge in [-0.2, -0.15) is 0 Å². The summed E-state index contributed by atoms with van der Waals surface area (Å²) >= 11 is 5.99. The minimum absolute atomic E-state index is 0.145. The van der Waals surface area contributed by atoms with E-state index >= 15 is 0 Å². The number of furan rings is 1. The molecular weight excluding hydrogens is 278 g/mol. The summed E-state index contributed by atoms with van der Waals surface area (Å²) in [7, 11) is 0. The summed E-state index contributed by atoms with van der Waals surface area (Å²) in [6.45, 7) is 2.54. The minimum Gasteiger partial charge on any atom is -0.478 e. The minimum atomic E-state index is -0.984. The van der Waals surface area contributed by atoms with Crippen molar-refractivity contribution in [2.45, 2.75) is 25.9 Å². The van der Waals surface area contributed by atoms with Gasteiger partial charge in [0.2, 0.25) is 0 Å². The maximum absolute atomic E-state index is 10.8. The van der Waals surface area contributed by atoms with Gasteiger partial charge in [-0.1, -0.05) is 30.7 Å². The SMILES string of the molecule is CCC(NCc1cc(C(=O)O)co1)c1cccc(Cl)c1. The molecule has 0 saturated heterocycles. The molecule has 1 heterocycles. The third-order valence-electron chi connectivity index (χ3n) is 3.08. The van der Waals surface area contributed by atoms with Crippen LogP contribution < -0.4 is 5.32 Å². The summed E-state index contributed by atoms with van der Waals surface area (Å²) < 4.78 is 5.21. The van der Waals surface area contributed by atoms with Crippen molar-refractivity contribution in [3.8, 4) is 0 Å². The van der Waals surface area contributed by atoms with E-state index in [2.05, 4.69) is 12.2 Å². The van der Waals surface area contributed by atoms with Crippen LogP contribution in [-0.2, 0) is 6.54 Å². The Bertz CT molecular complexity index is 594. The summed E-state index contributed by atoms with van der Waals surface area (Å²) in [4.78, 5) is 10.8. The Morgan fingerprint density at radius 1 is 1.45 bits per heavy atom. The highest BCUT2D eigenvalue weighted by Crippen LogP contribution is 2.21. The number of benzene rings is 1. The first-order chi connectivity index (χ1) is 9.60. The monoisotopic (exact) mass is 293 g/mol. The van der Waals surface area contributed by atoms with E-state index in [0.29, 0.717) is 17.3 Å². The molecule has 0 aliphatic heterocycles. The standard InChI is InChI=1S/C15H16ClNO3/c1-2-14(10-4-3-5-12(16)6-10)17-8-13-7-11(9-20-13)15(18)19/h3-7,9,14,17H,2,8H2,1H3,(H,18,19). The number of carbonyl (C=O) groups is 1. The average molecular weight is 294 g/mol. The summed E-state index contributed by atoms with van der Waals surface area (Å²) in [6.07, 6.45) is 2.15. The lowest BCUT2D eigenvalue weighted by Crippen LogP contribution is -2.20. The number of hydrogen-bond donors (Lipinski definition) is 2. The third kappa shape index (κ3) is 3.62. The van der Waals surface area contributed by atoms with Crippen LogP contribution in [0.3, 0.4) is 0 Å². The molecule has 1 aromatic carbocycles. The number of carboxylic acids is 1. The van der Waals surface area contributed by atoms with Crippen LogP contribution in [0.15, 0.2) is 41.0 Å². The molecule has 2 rings (SSSR count). The van der Waals surface area contributed by atoms with Crippen molar-refractivity contribution in [1.82, 2.24) is 5.32 Å². The van der Waals surface area contributed by atoms with Gasteiger partial charge in [0.1, 0.15) is 12.0 Å². The van der Waals surface area contributed by atoms with Gasteiger partial charge >= 0.3 is 5.97 Å². The second kappa shape index (κ2) is 6.59. The average Bonchev–Trinajstić information content (AvgIpc) is 2.88. The van der Waals surface area contributed by atoms with Crippen LogP contribution in [0.1, 0.15) is 41.1 Å². The van der Waals surface area contributed by atoms with E-state index in [0.717, 1.165) is 12.0 Å². The van der Waals surface area contributed by atoms with Gasteiger partial charge in [-0.15, -0.1) is 0 Å². The highest BCUT2D eigenvalue weighted by Gasteiger charge is 2.12. The zero-order chi connectivity index (χ0) is 14.5. The Hall–Kier alpha value is -1.78. The molecule has 0 aliphatic rings. The van der Waals surface area contributed by atoms with E-state index in [1.54, 1.807) is 0 Å². The molecular formula is C15H16ClNO3. The lowest BCUT2D eigenvalue weighted by atomic mass is 10.0. The van der Waals surface area contributed by atoms with Crippen molar-refractivity contribution in [1.29, 1.82) is 0 Å². The first-order valence-corrected chi connectivity index (χ1v) is 6.77. The second-order valence-corrected chi connectivity index (χ2v) is 4.94. The van der Waals surface area contributed by atoms with Gasteiger partial charge in [0.25, 0.3) is 0 Å². The zero-order valence-electron chi connectivity index (χ0n) is 11.1. The third-order valence-corrected chi connectivity index (χ3v) is 3.32. The summed E-state index contributed by atoms with van der Waals surface area (Å²) in [5, 5.41) is 12.9. The van der Waals surface area contributed by atoms with Crippen LogP contribution in [0.2, 0.25) is 5.02 Å². The van der Waals surface area contributed by atoms with Gasteiger partial charge in [0, 0.05) is 11.1 Å². The predicted octanol–water partition coefficient (Wildman–Crippen LogP) is 3.87. The molecule has 20 heavy (non-hydrogen) atoms. The molecule has 0 radical (unpaired) electrons. The van der Waals surface area contributed by atoms with Crippen molar-refractivity contribution in [2.75, 3.05) is 0 Å². The molecule has 2 aromatic rings. The lowest BCUT2D eigenvalue weighted by molar-refractivity contribution is 0.0696. The number of carboxylic acid groups (broad SMARTS) is 1. The Labute approximate surface area is 122 Å². The summed E-state index contributed by atoms with van der Waals surface area (Å²) in [5.41, 5.74) is 1.27. The maximum atomic E-state index is 10.8. The normalized spacial score (nSPS) is 12.3. The molecule has 0 bridgehead atoms. The van der Waals surface area contributed by atoms with Crippen molar-refractivity contribution in [3.05, 3.63) is 58.5 Å². The number of nitrogens with one attached hydrogen (secondary N) is 1. The van der Waals surface area contributed by atoms with Gasteiger partial charge < -0.3 is 14.8 Å². The zero-order valence-corrected chi connectivity index (χ0v) is 11.9. The van der Waals surface area contributed by atoms with E-state index in [-0.39, 0.29) is 11.6 Å². The van der Waals surface area contributed by atoms with Crippen LogP contribution in [-0.4, -0.2) is 11.1 Å². The van der Waals surface area contributed by atoms with Gasteiger partial charge in [-0.3, -0.25) is 0 Å². The Kier molecular flexibility index (Phi) is 4.82. The number of halogens is 1. The first kappa shape index (κ1) is 14.6. The number of aromatic carboxylic acids is 1. The molecule has 5 heteroatoms. The largest absolute Gasteiger partial charge is 0.478 e. The fourth-order valence-corrected chi connectivity index (χ4v) is 2.23. The molecule has 2 N–H and O–H groups in total. The van der Waals surface area contributed by atoms with Crippen LogP contribution in [0.4, 0.5) is 0 Å². The predicted molar refractivity (Wildman–Crippen MR) is 77.0 cm³/mol. The molecule has 1 aromatic heterocycles. The molecule has 0 amide bonds. The summed E-state index contributed by atoms with van der Waals surface area (Å²) in [5.74, 6) is -0.384. The first-order valence-electron chi connectivity index (χ1n) is 6.39. The van der Waals surface area contributed by atoms with Crippen LogP contribution >= 0.6 is 11.6 Å². The molecule has 0 spiro atoms. The van der Waals surface area contributed by atoms with Crippen molar-refractivity contribution < 1.29 is 14.3 Å². The Balaban J connectivity index is 2.01. The highest BCUT2D eigenvalue weighted by atomic mass is 35.5. The molecule has 0 saturated carbocycles. The van der Waals surface area contributed by atoms with Crippen molar-refractivity contribution in [2.24, 2.45) is 0 Å². The van der Waals surface area contributed by atoms with E-state index in [1.165, 1.54) is 12.3 Å². The van der Waals surface area contributed by atoms with E-state index in [1.807, 2.05) is 24.3 Å². The fraction of sp³-hybridized carbons (Fsp3) is 0.267. The maximum Gasteiger partial charge on any atom is 0.338 e. The van der Waals surface area contributed by atoms with E-state index in [9.17, 15) is 4.79 Å². The number of hydrogen-bond acceptors (Lipinski definition) is 3. The number of rotatable bonds is 6. The molecule has 106 valence electrons. The van der Waals surface area contributed by atoms with Gasteiger partial charge in [0.15, 0.2) is 0 Å². The molecule has 1 atom stereocenters. The Morgan fingerprint density at radius 2 is 2.25 bits per heavy atom. The van der Waals surface area contributed by atoms with Crippen LogP contribution in [0, 0.1) is 0 Å². The molecule has 0 aliphatic carbocycles. The molecule has 1 unspecified atom stereocenters. The smallest absolute Gasteiger partial charge is 0.338 e. The van der Waals surface area contributed by atoms with Gasteiger partial charge in [0.05, 0.1) is 12.1 Å². The van der Waals surface area contributed by atoms with Gasteiger partial charge in [-0.25, -0.2) is 4.79 Å². The van der Waals surface area contributed by atoms with Crippen molar-refractivity contribution >= 4 is 17.6 Å². The van der Waals surface area contributed by atoms with Crippen molar-refractivity contribution in [3.63, 3.8) is 0 Å². The second-order valence-electron chi connectivity index (χ2n) is 4.50. The molecule has 0 fully saturated rings. The summed E-state index contributed by atoms with van der Waals surface area (Å²) in [6, 6.07) is 9.36. The Morgan fingerprint density at radius 3 is 2.85 bits per heavy atom. The van der Waals surface area contributed by atoms with Crippen LogP contribution in [0.5, 0.6) is 0 Å². The lowest BCUT2D eigenvalue weighted by Gasteiger charge is -2.16. The molecule has 4 nitrogen and oxygen atoms in total. The van der Waals surface area contributed by atoms with E-state index in [4.69, 9.17) is 21.1 Å². The van der Waals surface area contributed by atoms with E-state index < -0.39 is 5.97 Å². The van der Waals surface area contributed by atoms with Crippen LogP contribution in [0.25, 0.3) is 0 Å². The van der Waals surface area contributed by atoms with Gasteiger partial charge in [-0.05, 0) is 30.2 Å².